The van der Waals surface area contributed by atoms with Crippen LogP contribution in [-0.4, -0.2) is 22.0 Å². The summed E-state index contributed by atoms with van der Waals surface area (Å²) in [6, 6.07) is 0. The van der Waals surface area contributed by atoms with E-state index < -0.39 is 5.97 Å². The maximum absolute atomic E-state index is 11.4. The number of aromatic nitrogens is 1. The molecule has 1 amide bonds. The van der Waals surface area contributed by atoms with Crippen LogP contribution in [0.15, 0.2) is 0 Å². The Morgan fingerprint density at radius 1 is 1.33 bits per heavy atom. The van der Waals surface area contributed by atoms with Crippen molar-refractivity contribution in [3.05, 3.63) is 10.6 Å². The predicted molar refractivity (Wildman–Crippen MR) is 71.2 cm³/mol. The molecule has 0 fully saturated rings. The lowest BCUT2D eigenvalue weighted by molar-refractivity contribution is -0.116. The monoisotopic (exact) mass is 270 g/mol. The minimum absolute atomic E-state index is 0.120. The Kier molecular flexibility index (Phi) is 5.77. The van der Waals surface area contributed by atoms with Gasteiger partial charge in [-0.3, -0.25) is 4.79 Å². The summed E-state index contributed by atoms with van der Waals surface area (Å²) in [5, 5.41) is 12.1. The third-order valence-corrected chi connectivity index (χ3v) is 3.38. The normalized spacial score (nSPS) is 10.3. The molecule has 0 saturated carbocycles. The van der Waals surface area contributed by atoms with Crippen molar-refractivity contribution in [1.82, 2.24) is 4.98 Å². The van der Waals surface area contributed by atoms with Crippen LogP contribution < -0.4 is 5.32 Å². The first-order chi connectivity index (χ1) is 8.58. The molecule has 1 aromatic heterocycles. The van der Waals surface area contributed by atoms with Gasteiger partial charge in [-0.05, 0) is 19.3 Å². The van der Waals surface area contributed by atoms with Crippen molar-refractivity contribution in [1.29, 1.82) is 0 Å². The fourth-order valence-corrected chi connectivity index (χ4v) is 2.36. The number of aryl methyl sites for hydroxylation is 1. The quantitative estimate of drug-likeness (QED) is 0.798. The Morgan fingerprint density at radius 3 is 2.61 bits per heavy atom. The van der Waals surface area contributed by atoms with Gasteiger partial charge >= 0.3 is 5.97 Å². The number of carboxylic acids is 1. The van der Waals surface area contributed by atoms with Gasteiger partial charge in [-0.15, -0.1) is 0 Å². The van der Waals surface area contributed by atoms with Crippen molar-refractivity contribution in [2.75, 3.05) is 5.32 Å². The lowest BCUT2D eigenvalue weighted by Crippen LogP contribution is -2.10. The van der Waals surface area contributed by atoms with E-state index in [1.807, 2.05) is 13.8 Å². The summed E-state index contributed by atoms with van der Waals surface area (Å²) in [4.78, 5) is 26.9. The van der Waals surface area contributed by atoms with Crippen LogP contribution in [0.2, 0.25) is 0 Å². The second kappa shape index (κ2) is 7.10. The van der Waals surface area contributed by atoms with Gasteiger partial charge in [0.2, 0.25) is 5.91 Å². The molecule has 1 rings (SSSR count). The number of anilines is 1. The highest BCUT2D eigenvalue weighted by atomic mass is 32.1. The van der Waals surface area contributed by atoms with Crippen LogP contribution >= 0.6 is 11.3 Å². The first-order valence-corrected chi connectivity index (χ1v) is 6.93. The predicted octanol–water partition coefficient (Wildman–Crippen LogP) is 2.92. The Labute approximate surface area is 110 Å². The van der Waals surface area contributed by atoms with E-state index in [9.17, 15) is 9.59 Å². The van der Waals surface area contributed by atoms with Gasteiger partial charge in [-0.1, -0.05) is 31.6 Å². The number of carbonyl (C=O) groups is 2. The molecule has 2 N–H and O–H groups in total. The number of hydrogen-bond donors (Lipinski definition) is 2. The van der Waals surface area contributed by atoms with Crippen LogP contribution in [0.5, 0.6) is 0 Å². The van der Waals surface area contributed by atoms with Gasteiger partial charge in [-0.25, -0.2) is 9.78 Å². The van der Waals surface area contributed by atoms with Crippen LogP contribution in [0.25, 0.3) is 0 Å². The van der Waals surface area contributed by atoms with E-state index in [4.69, 9.17) is 5.11 Å². The zero-order valence-electron chi connectivity index (χ0n) is 10.7. The lowest BCUT2D eigenvalue weighted by Gasteiger charge is -1.98. The van der Waals surface area contributed by atoms with Gasteiger partial charge in [0.05, 0.1) is 5.69 Å². The summed E-state index contributed by atoms with van der Waals surface area (Å²) in [6.45, 7) is 3.95. The second-order valence-corrected chi connectivity index (χ2v) is 5.00. The molecule has 0 aromatic carbocycles. The first kappa shape index (κ1) is 14.6. The molecule has 0 unspecified atom stereocenters. The highest BCUT2D eigenvalue weighted by Gasteiger charge is 2.17. The summed E-state index contributed by atoms with van der Waals surface area (Å²) in [5.41, 5.74) is 0.571. The van der Waals surface area contributed by atoms with Crippen molar-refractivity contribution in [3.8, 4) is 0 Å². The third-order valence-electron chi connectivity index (χ3n) is 2.38. The molecular formula is C12H18N2O3S. The molecule has 0 aliphatic heterocycles. The Hall–Kier alpha value is -1.43. The van der Waals surface area contributed by atoms with Crippen molar-refractivity contribution < 1.29 is 14.7 Å². The molecule has 18 heavy (non-hydrogen) atoms. The Bertz CT molecular complexity index is 429. The number of aromatic carboxylic acids is 1. The number of hydrogen-bond acceptors (Lipinski definition) is 4. The largest absolute Gasteiger partial charge is 0.477 e. The SMILES string of the molecule is CCCCc1nc(NC(=O)CCC)sc1C(=O)O. The van der Waals surface area contributed by atoms with Crippen LogP contribution in [0.4, 0.5) is 5.13 Å². The number of carboxylic acid groups (broad SMARTS) is 1. The molecule has 0 atom stereocenters. The zero-order valence-corrected chi connectivity index (χ0v) is 11.5. The van der Waals surface area contributed by atoms with E-state index >= 15 is 0 Å². The van der Waals surface area contributed by atoms with Gasteiger partial charge in [0.25, 0.3) is 0 Å². The average Bonchev–Trinajstić information content (AvgIpc) is 2.69. The fourth-order valence-electron chi connectivity index (χ4n) is 1.49. The van der Waals surface area contributed by atoms with Crippen LogP contribution in [-0.2, 0) is 11.2 Å². The van der Waals surface area contributed by atoms with Crippen LogP contribution in [0.3, 0.4) is 0 Å². The molecule has 0 bridgehead atoms. The highest BCUT2D eigenvalue weighted by Crippen LogP contribution is 2.24. The van der Waals surface area contributed by atoms with Gasteiger partial charge in [0.15, 0.2) is 5.13 Å². The van der Waals surface area contributed by atoms with Crippen molar-refractivity contribution in [2.45, 2.75) is 46.0 Å². The number of rotatable bonds is 7. The molecule has 0 saturated heterocycles. The fraction of sp³-hybridized carbons (Fsp3) is 0.583. The number of thiazole rings is 1. The minimum atomic E-state index is -0.977. The highest BCUT2D eigenvalue weighted by molar-refractivity contribution is 7.17. The van der Waals surface area contributed by atoms with E-state index in [-0.39, 0.29) is 10.8 Å². The molecule has 5 nitrogen and oxygen atoms in total. The second-order valence-electron chi connectivity index (χ2n) is 4.00. The summed E-state index contributed by atoms with van der Waals surface area (Å²) < 4.78 is 0. The molecule has 6 heteroatoms. The summed E-state index contributed by atoms with van der Waals surface area (Å²) >= 11 is 1.03. The topological polar surface area (TPSA) is 79.3 Å². The number of amides is 1. The number of nitrogens with zero attached hydrogens (tertiary/aromatic N) is 1. The standard InChI is InChI=1S/C12H18N2O3S/c1-3-5-7-8-10(11(16)17)18-12(13-8)14-9(15)6-4-2/h3-7H2,1-2H3,(H,16,17)(H,13,14,15). The van der Waals surface area contributed by atoms with Crippen molar-refractivity contribution in [3.63, 3.8) is 0 Å². The van der Waals surface area contributed by atoms with Gasteiger partial charge in [-0.2, -0.15) is 0 Å². The molecule has 0 radical (unpaired) electrons. The van der Waals surface area contributed by atoms with E-state index in [2.05, 4.69) is 10.3 Å². The van der Waals surface area contributed by atoms with Crippen LogP contribution in [0.1, 0.15) is 54.9 Å². The maximum Gasteiger partial charge on any atom is 0.347 e. The van der Waals surface area contributed by atoms with E-state index in [0.29, 0.717) is 23.7 Å². The van der Waals surface area contributed by atoms with Gasteiger partial charge in [0.1, 0.15) is 4.88 Å². The molecule has 1 heterocycles. The molecule has 0 aliphatic rings. The summed E-state index contributed by atoms with van der Waals surface area (Å²) in [6.07, 6.45) is 3.69. The van der Waals surface area contributed by atoms with E-state index in [1.54, 1.807) is 0 Å². The Balaban J connectivity index is 2.81. The molecule has 100 valence electrons. The minimum Gasteiger partial charge on any atom is -0.477 e. The van der Waals surface area contributed by atoms with Crippen molar-refractivity contribution >= 4 is 28.3 Å². The number of unbranched alkanes of at least 4 members (excludes halogenated alkanes) is 1. The van der Waals surface area contributed by atoms with E-state index in [1.165, 1.54) is 0 Å². The van der Waals surface area contributed by atoms with E-state index in [0.717, 1.165) is 30.6 Å². The molecule has 0 spiro atoms. The van der Waals surface area contributed by atoms with Crippen LogP contribution in [0, 0.1) is 0 Å². The zero-order chi connectivity index (χ0) is 13.5. The number of carbonyl (C=O) groups excluding carboxylic acids is 1. The average molecular weight is 270 g/mol. The third kappa shape index (κ3) is 4.10. The summed E-state index contributed by atoms with van der Waals surface area (Å²) in [5.74, 6) is -1.10. The number of nitrogens with one attached hydrogen (secondary N) is 1. The lowest BCUT2D eigenvalue weighted by atomic mass is 10.2. The summed E-state index contributed by atoms with van der Waals surface area (Å²) in [7, 11) is 0. The van der Waals surface area contributed by atoms with Crippen molar-refractivity contribution in [2.24, 2.45) is 0 Å². The Morgan fingerprint density at radius 2 is 2.06 bits per heavy atom. The molecule has 1 aromatic rings. The molecular weight excluding hydrogens is 252 g/mol. The van der Waals surface area contributed by atoms with Gasteiger partial charge < -0.3 is 10.4 Å². The molecule has 0 aliphatic carbocycles. The van der Waals surface area contributed by atoms with Gasteiger partial charge in [0, 0.05) is 6.42 Å². The maximum atomic E-state index is 11.4. The smallest absolute Gasteiger partial charge is 0.347 e. The first-order valence-electron chi connectivity index (χ1n) is 6.11.